The highest BCUT2D eigenvalue weighted by molar-refractivity contribution is 9.10. The lowest BCUT2D eigenvalue weighted by Gasteiger charge is -2.12. The molecule has 0 amide bonds. The van der Waals surface area contributed by atoms with Gasteiger partial charge in [0.15, 0.2) is 5.75 Å². The number of nitrogen functional groups attached to an aromatic ring is 1. The van der Waals surface area contributed by atoms with E-state index in [-0.39, 0.29) is 18.5 Å². The van der Waals surface area contributed by atoms with Crippen LogP contribution in [0, 0.1) is 0 Å². The van der Waals surface area contributed by atoms with Gasteiger partial charge in [-0.3, -0.25) is 0 Å². The van der Waals surface area contributed by atoms with Gasteiger partial charge in [-0.15, -0.1) is 5.10 Å². The Hall–Kier alpha value is -1.47. The molecule has 5 nitrogen and oxygen atoms in total. The summed E-state index contributed by atoms with van der Waals surface area (Å²) >= 11 is 21.7. The molecule has 3 aromatic rings. The van der Waals surface area contributed by atoms with E-state index >= 15 is 0 Å². The van der Waals surface area contributed by atoms with Gasteiger partial charge in [0, 0.05) is 21.2 Å². The van der Waals surface area contributed by atoms with E-state index in [1.807, 2.05) is 0 Å². The van der Waals surface area contributed by atoms with Crippen molar-refractivity contribution in [2.45, 2.75) is 6.61 Å². The molecule has 124 valence electrons. The largest absolute Gasteiger partial charge is 0.486 e. The number of nitrogens with zero attached hydrogens (tertiary/aromatic N) is 2. The summed E-state index contributed by atoms with van der Waals surface area (Å²) in [5.41, 5.74) is 6.84. The molecule has 0 fully saturated rings. The maximum atomic E-state index is 6.29. The van der Waals surface area contributed by atoms with Crippen molar-refractivity contribution in [3.63, 3.8) is 0 Å². The minimum absolute atomic E-state index is 0.0186. The smallest absolute Gasteiger partial charge is 0.313 e. The SMILES string of the molecule is Nc1nnc(-c2cc(Cl)c(OCc3ccc(Cl)cc3Cl)c(Br)c2)o1. The van der Waals surface area contributed by atoms with Crippen LogP contribution in [0.2, 0.25) is 15.1 Å². The Kier molecular flexibility index (Phi) is 5.20. The van der Waals surface area contributed by atoms with E-state index < -0.39 is 0 Å². The van der Waals surface area contributed by atoms with Gasteiger partial charge in [0.25, 0.3) is 0 Å². The average molecular weight is 450 g/mol. The van der Waals surface area contributed by atoms with Gasteiger partial charge in [-0.25, -0.2) is 0 Å². The summed E-state index contributed by atoms with van der Waals surface area (Å²) in [4.78, 5) is 0. The Morgan fingerprint density at radius 2 is 1.88 bits per heavy atom. The van der Waals surface area contributed by atoms with Gasteiger partial charge in [0.05, 0.1) is 9.50 Å². The molecule has 0 spiro atoms. The molecule has 1 aromatic heterocycles. The zero-order chi connectivity index (χ0) is 17.3. The topological polar surface area (TPSA) is 74.2 Å². The first-order valence-corrected chi connectivity index (χ1v) is 8.52. The van der Waals surface area contributed by atoms with Crippen LogP contribution in [0.15, 0.2) is 39.2 Å². The Bertz CT molecular complexity index is 878. The van der Waals surface area contributed by atoms with Gasteiger partial charge < -0.3 is 14.9 Å². The lowest BCUT2D eigenvalue weighted by molar-refractivity contribution is 0.304. The van der Waals surface area contributed by atoms with Crippen LogP contribution in [0.3, 0.4) is 0 Å². The maximum absolute atomic E-state index is 6.29. The average Bonchev–Trinajstić information content (AvgIpc) is 2.94. The third kappa shape index (κ3) is 3.78. The van der Waals surface area contributed by atoms with Crippen LogP contribution in [0.25, 0.3) is 11.5 Å². The molecular formula is C15H9BrCl3N3O2. The molecular weight excluding hydrogens is 440 g/mol. The molecule has 0 aliphatic rings. The molecule has 0 saturated heterocycles. The lowest BCUT2D eigenvalue weighted by Crippen LogP contribution is -1.98. The molecule has 0 atom stereocenters. The van der Waals surface area contributed by atoms with Crippen molar-refractivity contribution in [1.29, 1.82) is 0 Å². The molecule has 0 saturated carbocycles. The molecule has 2 N–H and O–H groups in total. The van der Waals surface area contributed by atoms with Crippen molar-refractivity contribution in [3.05, 3.63) is 55.4 Å². The first kappa shape index (κ1) is 17.4. The van der Waals surface area contributed by atoms with E-state index in [1.165, 1.54) is 0 Å². The molecule has 24 heavy (non-hydrogen) atoms. The Balaban J connectivity index is 1.83. The molecule has 0 bridgehead atoms. The second-order valence-electron chi connectivity index (χ2n) is 4.74. The predicted octanol–water partition coefficient (Wildman–Crippen LogP) is 5.62. The second-order valence-corrected chi connectivity index (χ2v) is 6.84. The van der Waals surface area contributed by atoms with Crippen molar-refractivity contribution in [2.75, 3.05) is 5.73 Å². The zero-order valence-corrected chi connectivity index (χ0v) is 15.7. The van der Waals surface area contributed by atoms with E-state index in [9.17, 15) is 0 Å². The Morgan fingerprint density at radius 1 is 1.08 bits per heavy atom. The van der Waals surface area contributed by atoms with E-state index in [1.54, 1.807) is 30.3 Å². The number of nitrogens with two attached hydrogens (primary N) is 1. The standard InChI is InChI=1S/C15H9BrCl3N3O2/c16-10-3-8(14-21-22-15(20)24-14)4-12(19)13(10)23-6-7-1-2-9(17)5-11(7)18/h1-5H,6H2,(H2,20,22). The van der Waals surface area contributed by atoms with Crippen molar-refractivity contribution in [1.82, 2.24) is 10.2 Å². The molecule has 0 unspecified atom stereocenters. The van der Waals surface area contributed by atoms with Crippen LogP contribution >= 0.6 is 50.7 Å². The first-order valence-electron chi connectivity index (χ1n) is 6.59. The van der Waals surface area contributed by atoms with Gasteiger partial charge in [0.1, 0.15) is 6.61 Å². The highest BCUT2D eigenvalue weighted by Gasteiger charge is 2.15. The summed E-state index contributed by atoms with van der Waals surface area (Å²) in [6.45, 7) is 0.237. The number of aromatic nitrogens is 2. The summed E-state index contributed by atoms with van der Waals surface area (Å²) in [5, 5.41) is 8.89. The van der Waals surface area contributed by atoms with E-state index in [2.05, 4.69) is 26.1 Å². The quantitative estimate of drug-likeness (QED) is 0.560. The van der Waals surface area contributed by atoms with Crippen LogP contribution in [0.1, 0.15) is 5.56 Å². The number of halogens is 4. The number of rotatable bonds is 4. The summed E-state index contributed by atoms with van der Waals surface area (Å²) in [5.74, 6) is 0.737. The summed E-state index contributed by atoms with van der Waals surface area (Å²) in [6, 6.07) is 8.57. The fourth-order valence-corrected chi connectivity index (χ4v) is 3.39. The normalized spacial score (nSPS) is 10.8. The highest BCUT2D eigenvalue weighted by Crippen LogP contribution is 2.38. The van der Waals surface area contributed by atoms with Gasteiger partial charge in [0.2, 0.25) is 5.89 Å². The van der Waals surface area contributed by atoms with Crippen LogP contribution in [0.4, 0.5) is 6.01 Å². The molecule has 9 heteroatoms. The van der Waals surface area contributed by atoms with Crippen molar-refractivity contribution >= 4 is 56.7 Å². The Morgan fingerprint density at radius 3 is 2.50 bits per heavy atom. The van der Waals surface area contributed by atoms with Gasteiger partial charge >= 0.3 is 6.01 Å². The third-order valence-corrected chi connectivity index (χ3v) is 4.53. The lowest BCUT2D eigenvalue weighted by atomic mass is 10.2. The minimum Gasteiger partial charge on any atom is -0.486 e. The number of hydrogen-bond donors (Lipinski definition) is 1. The van der Waals surface area contributed by atoms with E-state index in [4.69, 9.17) is 49.7 Å². The Labute approximate surface area is 160 Å². The maximum Gasteiger partial charge on any atom is 0.313 e. The summed E-state index contributed by atoms with van der Waals surface area (Å²) in [7, 11) is 0. The second kappa shape index (κ2) is 7.19. The zero-order valence-electron chi connectivity index (χ0n) is 11.9. The number of anilines is 1. The van der Waals surface area contributed by atoms with Gasteiger partial charge in [-0.1, -0.05) is 46.0 Å². The van der Waals surface area contributed by atoms with Gasteiger partial charge in [-0.2, -0.15) is 0 Å². The summed E-state index contributed by atoms with van der Waals surface area (Å²) < 4.78 is 11.6. The van der Waals surface area contributed by atoms with E-state index in [0.29, 0.717) is 30.9 Å². The van der Waals surface area contributed by atoms with Crippen LogP contribution in [-0.2, 0) is 6.61 Å². The summed E-state index contributed by atoms with van der Waals surface area (Å²) in [6.07, 6.45) is 0. The van der Waals surface area contributed by atoms with Crippen molar-refractivity contribution in [3.8, 4) is 17.2 Å². The number of benzene rings is 2. The molecule has 0 aliphatic heterocycles. The first-order chi connectivity index (χ1) is 11.4. The monoisotopic (exact) mass is 447 g/mol. The number of hydrogen-bond acceptors (Lipinski definition) is 5. The van der Waals surface area contributed by atoms with E-state index in [0.717, 1.165) is 5.56 Å². The fourth-order valence-electron chi connectivity index (χ4n) is 1.96. The molecule has 2 aromatic carbocycles. The molecule has 0 aliphatic carbocycles. The minimum atomic E-state index is -0.0186. The molecule has 0 radical (unpaired) electrons. The molecule has 1 heterocycles. The van der Waals surface area contributed by atoms with Crippen LogP contribution in [-0.4, -0.2) is 10.2 Å². The number of ether oxygens (including phenoxy) is 1. The fraction of sp³-hybridized carbons (Fsp3) is 0.0667. The third-order valence-electron chi connectivity index (χ3n) is 3.07. The van der Waals surface area contributed by atoms with Crippen LogP contribution in [0.5, 0.6) is 5.75 Å². The van der Waals surface area contributed by atoms with Gasteiger partial charge in [-0.05, 0) is 40.2 Å². The van der Waals surface area contributed by atoms with Crippen LogP contribution < -0.4 is 10.5 Å². The van der Waals surface area contributed by atoms with Crippen molar-refractivity contribution < 1.29 is 9.15 Å². The highest BCUT2D eigenvalue weighted by atomic mass is 79.9. The van der Waals surface area contributed by atoms with Crippen molar-refractivity contribution in [2.24, 2.45) is 0 Å². The predicted molar refractivity (Wildman–Crippen MR) is 97.7 cm³/mol. The molecule has 3 rings (SSSR count).